The molecule has 0 aliphatic heterocycles. The summed E-state index contributed by atoms with van der Waals surface area (Å²) in [6.45, 7) is 4.05. The van der Waals surface area contributed by atoms with E-state index < -0.39 is 36.7 Å². The van der Waals surface area contributed by atoms with E-state index in [-0.39, 0.29) is 18.8 Å². The van der Waals surface area contributed by atoms with E-state index in [2.05, 4.69) is 16.1 Å². The number of esters is 2. The number of rotatable bonds is 8. The van der Waals surface area contributed by atoms with Gasteiger partial charge in [0, 0.05) is 5.57 Å². The summed E-state index contributed by atoms with van der Waals surface area (Å²) in [4.78, 5) is 32.0. The predicted octanol–water partition coefficient (Wildman–Crippen LogP) is 1.15. The van der Waals surface area contributed by atoms with Gasteiger partial charge in [-0.25, -0.2) is 13.6 Å². The van der Waals surface area contributed by atoms with Gasteiger partial charge in [0.25, 0.3) is 5.92 Å². The Labute approximate surface area is 108 Å². The zero-order valence-electron chi connectivity index (χ0n) is 10.3. The molecule has 0 unspecified atom stereocenters. The average Bonchev–Trinajstić information content (AvgIpc) is 2.20. The number of halogens is 2. The minimum atomic E-state index is -3.67. The smallest absolute Gasteiger partial charge is 0.333 e. The van der Waals surface area contributed by atoms with E-state index in [9.17, 15) is 23.2 Å². The van der Waals surface area contributed by atoms with Gasteiger partial charge in [0.15, 0.2) is 0 Å². The van der Waals surface area contributed by atoms with Gasteiger partial charge in [-0.1, -0.05) is 6.58 Å². The molecule has 0 aliphatic rings. The molecule has 0 aliphatic carbocycles. The monoisotopic (exact) mass is 280 g/mol. The van der Waals surface area contributed by atoms with Crippen LogP contribution in [-0.4, -0.2) is 42.2 Å². The molecule has 0 saturated heterocycles. The van der Waals surface area contributed by atoms with Crippen LogP contribution in [0.5, 0.6) is 0 Å². The van der Waals surface area contributed by atoms with Gasteiger partial charge < -0.3 is 14.6 Å². The van der Waals surface area contributed by atoms with Gasteiger partial charge in [-0.05, 0) is 6.92 Å². The van der Waals surface area contributed by atoms with E-state index in [1.807, 2.05) is 0 Å². The summed E-state index contributed by atoms with van der Waals surface area (Å²) in [7, 11) is 0. The van der Waals surface area contributed by atoms with Crippen molar-refractivity contribution in [3.8, 4) is 0 Å². The van der Waals surface area contributed by atoms with Crippen molar-refractivity contribution in [1.82, 2.24) is 0 Å². The van der Waals surface area contributed by atoms with E-state index in [4.69, 9.17) is 5.11 Å². The highest BCUT2D eigenvalue weighted by atomic mass is 19.3. The number of carboxylic acid groups (broad SMARTS) is 1. The fourth-order valence-electron chi connectivity index (χ4n) is 0.959. The maximum atomic E-state index is 12.9. The summed E-state index contributed by atoms with van der Waals surface area (Å²) in [6.07, 6.45) is -2.79. The molecule has 0 aromatic carbocycles. The lowest BCUT2D eigenvalue weighted by Crippen LogP contribution is -2.26. The van der Waals surface area contributed by atoms with Gasteiger partial charge in [-0.15, -0.1) is 0 Å². The maximum Gasteiger partial charge on any atom is 0.333 e. The van der Waals surface area contributed by atoms with Crippen molar-refractivity contribution in [3.05, 3.63) is 12.2 Å². The molecule has 0 atom stereocenters. The summed E-state index contributed by atoms with van der Waals surface area (Å²) in [5, 5.41) is 8.19. The van der Waals surface area contributed by atoms with Crippen molar-refractivity contribution in [2.24, 2.45) is 0 Å². The van der Waals surface area contributed by atoms with Crippen molar-refractivity contribution >= 4 is 17.9 Å². The summed E-state index contributed by atoms with van der Waals surface area (Å²) in [5.74, 6) is -7.34. The van der Waals surface area contributed by atoms with Gasteiger partial charge in [0.1, 0.15) is 26.1 Å². The second-order valence-electron chi connectivity index (χ2n) is 3.74. The molecule has 1 N–H and O–H groups in total. The van der Waals surface area contributed by atoms with Crippen LogP contribution in [0.4, 0.5) is 8.78 Å². The Morgan fingerprint density at radius 1 is 1.16 bits per heavy atom. The molecule has 0 heterocycles. The third-order valence-corrected chi connectivity index (χ3v) is 1.74. The number of carbonyl (C=O) groups excluding carboxylic acids is 2. The zero-order chi connectivity index (χ0) is 15.1. The first kappa shape index (κ1) is 17.0. The third kappa shape index (κ3) is 8.70. The summed E-state index contributed by atoms with van der Waals surface area (Å²) < 4.78 is 34.7. The quantitative estimate of drug-likeness (QED) is 0.407. The van der Waals surface area contributed by atoms with E-state index in [1.54, 1.807) is 0 Å². The van der Waals surface area contributed by atoms with Crippen LogP contribution >= 0.6 is 0 Å². The lowest BCUT2D eigenvalue weighted by Gasteiger charge is -2.13. The molecular formula is C11H14F2O6. The lowest BCUT2D eigenvalue weighted by atomic mass is 10.2. The van der Waals surface area contributed by atoms with Gasteiger partial charge >= 0.3 is 17.9 Å². The number of carboxylic acids is 1. The minimum absolute atomic E-state index is 0.152. The molecular weight excluding hydrogens is 266 g/mol. The van der Waals surface area contributed by atoms with Crippen molar-refractivity contribution in [2.75, 3.05) is 13.2 Å². The minimum Gasteiger partial charge on any atom is -0.481 e. The Kier molecular flexibility index (Phi) is 6.67. The zero-order valence-corrected chi connectivity index (χ0v) is 10.3. The van der Waals surface area contributed by atoms with Crippen LogP contribution < -0.4 is 0 Å². The first-order valence-electron chi connectivity index (χ1n) is 5.22. The molecule has 0 aromatic rings. The van der Waals surface area contributed by atoms with Gasteiger partial charge in [-0.3, -0.25) is 9.59 Å². The molecule has 6 nitrogen and oxygen atoms in total. The van der Waals surface area contributed by atoms with Gasteiger partial charge in [0.2, 0.25) is 0 Å². The van der Waals surface area contributed by atoms with Crippen molar-refractivity contribution in [3.63, 3.8) is 0 Å². The molecule has 0 aromatic heterocycles. The fourth-order valence-corrected chi connectivity index (χ4v) is 0.959. The van der Waals surface area contributed by atoms with Crippen LogP contribution in [0.2, 0.25) is 0 Å². The van der Waals surface area contributed by atoms with Crippen molar-refractivity contribution < 1.29 is 37.7 Å². The normalized spacial score (nSPS) is 10.7. The first-order chi connectivity index (χ1) is 8.64. The van der Waals surface area contributed by atoms with Gasteiger partial charge in [0.05, 0.1) is 0 Å². The van der Waals surface area contributed by atoms with Crippen molar-refractivity contribution in [2.45, 2.75) is 25.7 Å². The Balaban J connectivity index is 3.90. The Morgan fingerprint density at radius 3 is 2.16 bits per heavy atom. The van der Waals surface area contributed by atoms with Crippen molar-refractivity contribution in [1.29, 1.82) is 0 Å². The molecule has 8 heteroatoms. The molecule has 0 rings (SSSR count). The Morgan fingerprint density at radius 2 is 1.68 bits per heavy atom. The number of hydrogen-bond acceptors (Lipinski definition) is 5. The van der Waals surface area contributed by atoms with E-state index in [1.165, 1.54) is 6.92 Å². The summed E-state index contributed by atoms with van der Waals surface area (Å²) in [5.41, 5.74) is 0.152. The van der Waals surface area contributed by atoms with Crippen LogP contribution in [-0.2, 0) is 23.9 Å². The molecule has 0 bridgehead atoms. The number of aliphatic carboxylic acids is 1. The number of ether oxygens (including phenoxy) is 2. The van der Waals surface area contributed by atoms with Crippen LogP contribution in [0.1, 0.15) is 19.8 Å². The summed E-state index contributed by atoms with van der Waals surface area (Å²) in [6, 6.07) is 0. The van der Waals surface area contributed by atoms with E-state index in [0.717, 1.165) is 0 Å². The molecule has 108 valence electrons. The lowest BCUT2D eigenvalue weighted by molar-refractivity contribution is -0.159. The number of alkyl halides is 2. The number of hydrogen-bond donors (Lipinski definition) is 1. The maximum absolute atomic E-state index is 12.9. The second kappa shape index (κ2) is 7.45. The van der Waals surface area contributed by atoms with Crippen LogP contribution in [0.3, 0.4) is 0 Å². The molecule has 0 fully saturated rings. The third-order valence-electron chi connectivity index (χ3n) is 1.74. The van der Waals surface area contributed by atoms with Crippen LogP contribution in [0.25, 0.3) is 0 Å². The van der Waals surface area contributed by atoms with E-state index >= 15 is 0 Å². The van der Waals surface area contributed by atoms with Crippen LogP contribution in [0.15, 0.2) is 12.2 Å². The highest BCUT2D eigenvalue weighted by molar-refractivity contribution is 5.86. The second-order valence-corrected chi connectivity index (χ2v) is 3.74. The molecule has 0 radical (unpaired) electrons. The highest BCUT2D eigenvalue weighted by Crippen LogP contribution is 2.23. The average molecular weight is 280 g/mol. The largest absolute Gasteiger partial charge is 0.481 e. The summed E-state index contributed by atoms with van der Waals surface area (Å²) >= 11 is 0. The van der Waals surface area contributed by atoms with E-state index in [0.29, 0.717) is 0 Å². The Hall–Kier alpha value is -1.99. The highest BCUT2D eigenvalue weighted by Gasteiger charge is 2.35. The van der Waals surface area contributed by atoms with Gasteiger partial charge in [-0.2, -0.15) is 0 Å². The Bertz CT molecular complexity index is 377. The molecule has 19 heavy (non-hydrogen) atoms. The number of carbonyl (C=O) groups is 3. The molecule has 0 saturated carbocycles. The predicted molar refractivity (Wildman–Crippen MR) is 58.5 cm³/mol. The first-order valence-corrected chi connectivity index (χ1v) is 5.22. The molecule has 0 spiro atoms. The SMILES string of the molecule is C=C(C)C(=O)OCCOC(=O)CC(F)(F)CC(=O)O. The molecule has 0 amide bonds. The standard InChI is InChI=1S/C11H14F2O6/c1-7(2)10(17)19-4-3-18-9(16)6-11(12,13)5-8(14)15/h1,3-6H2,2H3,(H,14,15). The fraction of sp³-hybridized carbons (Fsp3) is 0.545. The van der Waals surface area contributed by atoms with Crippen LogP contribution in [0, 0.1) is 0 Å². The topological polar surface area (TPSA) is 89.9 Å².